The van der Waals surface area contributed by atoms with Crippen LogP contribution >= 0.6 is 11.8 Å². The molecule has 5 nitrogen and oxygen atoms in total. The summed E-state index contributed by atoms with van der Waals surface area (Å²) in [5.74, 6) is 0.661. The van der Waals surface area contributed by atoms with Gasteiger partial charge in [-0.2, -0.15) is 0 Å². The molecule has 132 valence electrons. The highest BCUT2D eigenvalue weighted by atomic mass is 32.2. The molecule has 0 spiro atoms. The monoisotopic (exact) mass is 372 g/mol. The Morgan fingerprint density at radius 2 is 1.83 bits per heavy atom. The maximum atomic E-state index is 12.9. The van der Waals surface area contributed by atoms with E-state index >= 15 is 0 Å². The standard InChI is InChI=1S/C16H21FN2O3S2/c17-13-1-3-15(4-2-13)23-11-16(20)19-8-6-18(7-9-19)14-5-10-24(21,22)12-14/h1-4,14H,5-12H2. The lowest BCUT2D eigenvalue weighted by Gasteiger charge is -2.37. The number of thioether (sulfide) groups is 1. The maximum absolute atomic E-state index is 12.9. The number of sulfone groups is 1. The van der Waals surface area contributed by atoms with E-state index in [2.05, 4.69) is 4.90 Å². The Kier molecular flexibility index (Phi) is 5.46. The lowest BCUT2D eigenvalue weighted by molar-refractivity contribution is -0.130. The lowest BCUT2D eigenvalue weighted by atomic mass is 10.2. The fourth-order valence-corrected chi connectivity index (χ4v) is 5.73. The number of rotatable bonds is 4. The van der Waals surface area contributed by atoms with Crippen molar-refractivity contribution in [1.82, 2.24) is 9.80 Å². The zero-order chi connectivity index (χ0) is 17.2. The van der Waals surface area contributed by atoms with Crippen LogP contribution in [0.5, 0.6) is 0 Å². The van der Waals surface area contributed by atoms with Crippen molar-refractivity contribution in [2.75, 3.05) is 43.4 Å². The van der Waals surface area contributed by atoms with Crippen LogP contribution < -0.4 is 0 Å². The highest BCUT2D eigenvalue weighted by Crippen LogP contribution is 2.21. The molecule has 1 atom stereocenters. The summed E-state index contributed by atoms with van der Waals surface area (Å²) in [5, 5.41) is 0. The summed E-state index contributed by atoms with van der Waals surface area (Å²) in [6.07, 6.45) is 0.705. The van der Waals surface area contributed by atoms with E-state index in [1.807, 2.05) is 4.90 Å². The fourth-order valence-electron chi connectivity index (χ4n) is 3.17. The Hall–Kier alpha value is -1.12. The van der Waals surface area contributed by atoms with Crippen LogP contribution in [-0.2, 0) is 14.6 Å². The van der Waals surface area contributed by atoms with E-state index in [9.17, 15) is 17.6 Å². The van der Waals surface area contributed by atoms with E-state index in [0.29, 0.717) is 25.3 Å². The van der Waals surface area contributed by atoms with E-state index < -0.39 is 9.84 Å². The normalized spacial score (nSPS) is 24.2. The largest absolute Gasteiger partial charge is 0.339 e. The maximum Gasteiger partial charge on any atom is 0.233 e. The predicted octanol–water partition coefficient (Wildman–Crippen LogP) is 1.25. The Labute approximate surface area is 146 Å². The minimum Gasteiger partial charge on any atom is -0.339 e. The number of amides is 1. The van der Waals surface area contributed by atoms with Crippen LogP contribution in [0.15, 0.2) is 29.2 Å². The number of carbonyl (C=O) groups excluding carboxylic acids is 1. The minimum atomic E-state index is -2.87. The first-order valence-electron chi connectivity index (χ1n) is 8.03. The van der Waals surface area contributed by atoms with Crippen molar-refractivity contribution in [2.24, 2.45) is 0 Å². The SMILES string of the molecule is O=C(CSc1ccc(F)cc1)N1CCN(C2CCS(=O)(=O)C2)CC1. The lowest BCUT2D eigenvalue weighted by Crippen LogP contribution is -2.52. The van der Waals surface area contributed by atoms with Crippen molar-refractivity contribution in [3.8, 4) is 0 Å². The minimum absolute atomic E-state index is 0.0722. The molecule has 0 aliphatic carbocycles. The van der Waals surface area contributed by atoms with Gasteiger partial charge in [0.2, 0.25) is 5.91 Å². The average Bonchev–Trinajstić information content (AvgIpc) is 2.94. The Morgan fingerprint density at radius 3 is 2.42 bits per heavy atom. The van der Waals surface area contributed by atoms with Crippen molar-refractivity contribution in [2.45, 2.75) is 17.4 Å². The summed E-state index contributed by atoms with van der Waals surface area (Å²) in [6, 6.07) is 6.24. The Morgan fingerprint density at radius 1 is 1.17 bits per heavy atom. The van der Waals surface area contributed by atoms with E-state index in [4.69, 9.17) is 0 Å². The molecule has 2 heterocycles. The van der Waals surface area contributed by atoms with Crippen LogP contribution in [0, 0.1) is 5.82 Å². The predicted molar refractivity (Wildman–Crippen MR) is 92.3 cm³/mol. The molecule has 1 amide bonds. The van der Waals surface area contributed by atoms with Crippen molar-refractivity contribution >= 4 is 27.5 Å². The van der Waals surface area contributed by atoms with Gasteiger partial charge in [-0.1, -0.05) is 0 Å². The van der Waals surface area contributed by atoms with Gasteiger partial charge in [0.25, 0.3) is 0 Å². The highest BCUT2D eigenvalue weighted by Gasteiger charge is 2.34. The zero-order valence-electron chi connectivity index (χ0n) is 13.4. The first-order valence-corrected chi connectivity index (χ1v) is 10.8. The van der Waals surface area contributed by atoms with Crippen LogP contribution in [0.25, 0.3) is 0 Å². The molecule has 0 N–H and O–H groups in total. The molecule has 2 fully saturated rings. The van der Waals surface area contributed by atoms with Crippen LogP contribution in [0.4, 0.5) is 4.39 Å². The molecule has 3 rings (SSSR count). The molecule has 8 heteroatoms. The number of benzene rings is 1. The molecular formula is C16H21FN2O3S2. The topological polar surface area (TPSA) is 57.7 Å². The number of carbonyl (C=O) groups is 1. The third-order valence-corrected chi connectivity index (χ3v) is 7.31. The fraction of sp³-hybridized carbons (Fsp3) is 0.562. The molecule has 1 aromatic carbocycles. The molecule has 0 saturated carbocycles. The van der Waals surface area contributed by atoms with Gasteiger partial charge in [-0.3, -0.25) is 9.69 Å². The molecule has 0 bridgehead atoms. The summed E-state index contributed by atoms with van der Waals surface area (Å²) in [4.78, 5) is 17.2. The number of piperazine rings is 1. The van der Waals surface area contributed by atoms with Gasteiger partial charge < -0.3 is 4.90 Å². The zero-order valence-corrected chi connectivity index (χ0v) is 15.0. The molecule has 2 aliphatic rings. The van der Waals surface area contributed by atoms with Gasteiger partial charge in [0.15, 0.2) is 9.84 Å². The van der Waals surface area contributed by atoms with E-state index in [1.165, 1.54) is 23.9 Å². The van der Waals surface area contributed by atoms with Gasteiger partial charge >= 0.3 is 0 Å². The molecule has 24 heavy (non-hydrogen) atoms. The van der Waals surface area contributed by atoms with Crippen LogP contribution in [0.1, 0.15) is 6.42 Å². The van der Waals surface area contributed by atoms with Gasteiger partial charge in [0.05, 0.1) is 17.3 Å². The van der Waals surface area contributed by atoms with Gasteiger partial charge in [0, 0.05) is 37.1 Å². The first kappa shape index (κ1) is 17.7. The first-order chi connectivity index (χ1) is 11.4. The number of nitrogens with zero attached hydrogens (tertiary/aromatic N) is 2. The van der Waals surface area contributed by atoms with Crippen LogP contribution in [0.2, 0.25) is 0 Å². The number of hydrogen-bond donors (Lipinski definition) is 0. The van der Waals surface area contributed by atoms with Gasteiger partial charge in [-0.05, 0) is 30.7 Å². The summed E-state index contributed by atoms with van der Waals surface area (Å²) in [6.45, 7) is 2.74. The van der Waals surface area contributed by atoms with E-state index in [-0.39, 0.29) is 29.3 Å². The Bertz CT molecular complexity index is 686. The number of hydrogen-bond acceptors (Lipinski definition) is 5. The molecule has 2 aliphatic heterocycles. The molecule has 2 saturated heterocycles. The average molecular weight is 372 g/mol. The Balaban J connectivity index is 1.44. The van der Waals surface area contributed by atoms with Crippen LogP contribution in [-0.4, -0.2) is 73.6 Å². The quantitative estimate of drug-likeness (QED) is 0.745. The molecule has 0 radical (unpaired) electrons. The third kappa shape index (κ3) is 4.49. The number of halogens is 1. The van der Waals surface area contributed by atoms with Gasteiger partial charge in [-0.25, -0.2) is 12.8 Å². The summed E-state index contributed by atoms with van der Waals surface area (Å²) < 4.78 is 36.0. The molecule has 1 aromatic rings. The van der Waals surface area contributed by atoms with Gasteiger partial charge in [-0.15, -0.1) is 11.8 Å². The van der Waals surface area contributed by atoms with Crippen LogP contribution in [0.3, 0.4) is 0 Å². The van der Waals surface area contributed by atoms with Crippen molar-refractivity contribution in [1.29, 1.82) is 0 Å². The van der Waals surface area contributed by atoms with Crippen molar-refractivity contribution in [3.63, 3.8) is 0 Å². The highest BCUT2D eigenvalue weighted by molar-refractivity contribution is 8.00. The second-order valence-electron chi connectivity index (χ2n) is 6.22. The van der Waals surface area contributed by atoms with E-state index in [1.54, 1.807) is 12.1 Å². The molecule has 0 aromatic heterocycles. The third-order valence-electron chi connectivity index (χ3n) is 4.57. The molecule has 1 unspecified atom stereocenters. The van der Waals surface area contributed by atoms with Crippen molar-refractivity contribution in [3.05, 3.63) is 30.1 Å². The van der Waals surface area contributed by atoms with E-state index in [0.717, 1.165) is 18.0 Å². The summed E-state index contributed by atoms with van der Waals surface area (Å²) in [7, 11) is -2.87. The second-order valence-corrected chi connectivity index (χ2v) is 9.49. The van der Waals surface area contributed by atoms with Crippen molar-refractivity contribution < 1.29 is 17.6 Å². The summed E-state index contributed by atoms with van der Waals surface area (Å²) >= 11 is 1.41. The second kappa shape index (κ2) is 7.41. The van der Waals surface area contributed by atoms with Gasteiger partial charge in [0.1, 0.15) is 5.82 Å². The summed E-state index contributed by atoms with van der Waals surface area (Å²) in [5.41, 5.74) is 0. The molecular weight excluding hydrogens is 351 g/mol. The smallest absolute Gasteiger partial charge is 0.233 e.